The summed E-state index contributed by atoms with van der Waals surface area (Å²) in [4.78, 5) is 0. The lowest BCUT2D eigenvalue weighted by molar-refractivity contribution is 0.305. The van der Waals surface area contributed by atoms with Gasteiger partial charge in [0.05, 0.1) is 21.9 Å². The predicted octanol–water partition coefficient (Wildman–Crippen LogP) is 6.24. The molecule has 0 spiro atoms. The largest absolute Gasteiger partial charge is 0.497 e. The first kappa shape index (κ1) is 20.4. The van der Waals surface area contributed by atoms with Crippen LogP contribution in [0.15, 0.2) is 84.7 Å². The Morgan fingerprint density at radius 2 is 1.73 bits per heavy atom. The summed E-state index contributed by atoms with van der Waals surface area (Å²) < 4.78 is 10.8. The molecule has 1 rings (SSSR count). The van der Waals surface area contributed by atoms with Crippen LogP contribution in [0.4, 0.5) is 0 Å². The first-order valence-electron chi connectivity index (χ1n) is 7.23. The number of ether oxygens (including phenoxy) is 1. The maximum Gasteiger partial charge on any atom is 0.115 e. The van der Waals surface area contributed by atoms with Crippen molar-refractivity contribution in [3.05, 3.63) is 84.7 Å². The first-order chi connectivity index (χ1) is 10.7. The van der Waals surface area contributed by atoms with Gasteiger partial charge in [-0.05, 0) is 49.6 Å². The summed E-state index contributed by atoms with van der Waals surface area (Å²) in [5.41, 5.74) is 1.15. The van der Waals surface area contributed by atoms with Gasteiger partial charge >= 0.3 is 0 Å². The van der Waals surface area contributed by atoms with Gasteiger partial charge in [0.1, 0.15) is 5.76 Å². The highest BCUT2D eigenvalue weighted by molar-refractivity contribution is 7.59. The molecule has 0 heterocycles. The van der Waals surface area contributed by atoms with Crippen LogP contribution in [-0.4, -0.2) is 13.7 Å². The van der Waals surface area contributed by atoms with Gasteiger partial charge in [-0.25, -0.2) is 0 Å². The van der Waals surface area contributed by atoms with E-state index in [4.69, 9.17) is 9.26 Å². The molecule has 120 valence electrons. The minimum Gasteiger partial charge on any atom is -0.497 e. The third kappa shape index (κ3) is 10.1. The van der Waals surface area contributed by atoms with Gasteiger partial charge in [-0.15, -0.1) is 0 Å². The Hall–Kier alpha value is -1.63. The summed E-state index contributed by atoms with van der Waals surface area (Å²) in [6, 6.07) is 0. The summed E-state index contributed by atoms with van der Waals surface area (Å²) in [6.45, 7) is 12.0. The van der Waals surface area contributed by atoms with E-state index in [1.165, 1.54) is 0 Å². The van der Waals surface area contributed by atoms with Crippen LogP contribution in [0.2, 0.25) is 0 Å². The van der Waals surface area contributed by atoms with Gasteiger partial charge < -0.3 is 9.26 Å². The minimum absolute atomic E-state index is 0.588. The second-order valence-corrected chi connectivity index (χ2v) is 5.92. The van der Waals surface area contributed by atoms with E-state index >= 15 is 0 Å². The summed E-state index contributed by atoms with van der Waals surface area (Å²) >= 11 is 0. The highest BCUT2D eigenvalue weighted by Gasteiger charge is 2.02. The molecular formula is C19H27O2P. The van der Waals surface area contributed by atoms with Gasteiger partial charge in [-0.2, -0.15) is 0 Å². The molecule has 0 N–H and O–H groups in total. The third-order valence-electron chi connectivity index (χ3n) is 2.63. The van der Waals surface area contributed by atoms with Gasteiger partial charge in [-0.3, -0.25) is 0 Å². The van der Waals surface area contributed by atoms with Crippen molar-refractivity contribution in [2.75, 3.05) is 13.7 Å². The van der Waals surface area contributed by atoms with E-state index < -0.39 is 8.15 Å². The molecule has 1 aliphatic carbocycles. The van der Waals surface area contributed by atoms with Crippen molar-refractivity contribution in [2.24, 2.45) is 0 Å². The maximum absolute atomic E-state index is 5.65. The van der Waals surface area contributed by atoms with E-state index in [9.17, 15) is 0 Å². The van der Waals surface area contributed by atoms with E-state index in [0.29, 0.717) is 6.61 Å². The topological polar surface area (TPSA) is 18.5 Å². The molecule has 0 aliphatic heterocycles. The molecule has 22 heavy (non-hydrogen) atoms. The number of hydrogen-bond acceptors (Lipinski definition) is 2. The fraction of sp³-hybridized carbons (Fsp3) is 0.263. The van der Waals surface area contributed by atoms with Gasteiger partial charge in [0.15, 0.2) is 0 Å². The van der Waals surface area contributed by atoms with Crippen LogP contribution in [-0.2, 0) is 9.26 Å². The molecule has 0 saturated carbocycles. The van der Waals surface area contributed by atoms with E-state index in [0.717, 1.165) is 17.8 Å². The minimum atomic E-state index is -0.700. The summed E-state index contributed by atoms with van der Waals surface area (Å²) in [5.74, 6) is 4.48. The van der Waals surface area contributed by atoms with Crippen molar-refractivity contribution >= 4 is 8.15 Å². The Kier molecular flexibility index (Phi) is 13.3. The Morgan fingerprint density at radius 1 is 1.09 bits per heavy atom. The zero-order valence-corrected chi connectivity index (χ0v) is 14.8. The number of methoxy groups -OCH3 is 1. The molecule has 0 unspecified atom stereocenters. The highest BCUT2D eigenvalue weighted by atomic mass is 31.1. The molecule has 0 aromatic rings. The Bertz CT molecular complexity index is 450. The van der Waals surface area contributed by atoms with Crippen molar-refractivity contribution in [3.8, 4) is 0 Å². The number of rotatable bonds is 7. The smallest absolute Gasteiger partial charge is 0.115 e. The number of hydrogen-bond donors (Lipinski definition) is 0. The molecule has 0 aromatic carbocycles. The van der Waals surface area contributed by atoms with Crippen molar-refractivity contribution in [1.29, 1.82) is 0 Å². The number of allylic oxidation sites excluding steroid dienone is 7. The third-order valence-corrected chi connectivity index (χ3v) is 3.78. The Balaban J connectivity index is 0.000000626. The highest BCUT2D eigenvalue weighted by Crippen LogP contribution is 2.39. The van der Waals surface area contributed by atoms with Crippen LogP contribution in [0, 0.1) is 0 Å². The second kappa shape index (κ2) is 14.3. The molecule has 0 saturated heterocycles. The quantitative estimate of drug-likeness (QED) is 0.408. The van der Waals surface area contributed by atoms with Crippen molar-refractivity contribution < 1.29 is 9.26 Å². The Labute approximate surface area is 136 Å². The fourth-order valence-electron chi connectivity index (χ4n) is 1.46. The monoisotopic (exact) mass is 318 g/mol. The standard InChI is InChI=1S/C13H17O2P.C6H10/c1-4-16(5-2)15-11-12-7-6-8-13(14-3)10-9-12;1-3-5-6-4-2/h4-5,7-10H,1-2,6,11H2,3H3;3-6H,1-2H3/b;5-3-,6-4-. The van der Waals surface area contributed by atoms with E-state index in [-0.39, 0.29) is 0 Å². The lowest BCUT2D eigenvalue weighted by Crippen LogP contribution is -1.90. The molecule has 0 bridgehead atoms. The van der Waals surface area contributed by atoms with Crippen molar-refractivity contribution in [2.45, 2.75) is 20.3 Å². The predicted molar refractivity (Wildman–Crippen MR) is 99.8 cm³/mol. The molecule has 3 heteroatoms. The van der Waals surface area contributed by atoms with E-state index in [1.54, 1.807) is 18.7 Å². The molecule has 0 fully saturated rings. The van der Waals surface area contributed by atoms with E-state index in [2.05, 4.69) is 19.2 Å². The molecule has 1 aliphatic rings. The molecule has 2 nitrogen and oxygen atoms in total. The van der Waals surface area contributed by atoms with Crippen LogP contribution in [0.1, 0.15) is 20.3 Å². The second-order valence-electron chi connectivity index (χ2n) is 4.21. The van der Waals surface area contributed by atoms with Gasteiger partial charge in [-0.1, -0.05) is 49.6 Å². The van der Waals surface area contributed by atoms with Crippen LogP contribution >= 0.6 is 8.15 Å². The zero-order valence-electron chi connectivity index (χ0n) is 13.9. The van der Waals surface area contributed by atoms with Gasteiger partial charge in [0.2, 0.25) is 0 Å². The summed E-state index contributed by atoms with van der Waals surface area (Å²) in [5, 5.41) is 0. The molecular weight excluding hydrogens is 291 g/mol. The normalized spacial score (nSPS) is 14.2. The lowest BCUT2D eigenvalue weighted by atomic mass is 10.2. The molecule has 0 radical (unpaired) electrons. The van der Waals surface area contributed by atoms with Gasteiger partial charge in [0.25, 0.3) is 0 Å². The molecule has 0 aromatic heterocycles. The first-order valence-corrected chi connectivity index (χ1v) is 8.63. The van der Waals surface area contributed by atoms with Crippen LogP contribution in [0.5, 0.6) is 0 Å². The maximum atomic E-state index is 5.65. The lowest BCUT2D eigenvalue weighted by Gasteiger charge is -2.08. The van der Waals surface area contributed by atoms with Crippen LogP contribution in [0.3, 0.4) is 0 Å². The summed E-state index contributed by atoms with van der Waals surface area (Å²) in [6.07, 6.45) is 17.0. The van der Waals surface area contributed by atoms with Crippen molar-refractivity contribution in [3.63, 3.8) is 0 Å². The van der Waals surface area contributed by atoms with Crippen LogP contribution < -0.4 is 0 Å². The SMILES string of the molecule is C/C=C\C=C/C.C=CP(C=C)OCC1=CCC=C(OC)C=C1. The zero-order chi connectivity index (χ0) is 16.6. The summed E-state index contributed by atoms with van der Waals surface area (Å²) in [7, 11) is 0.973. The van der Waals surface area contributed by atoms with Crippen molar-refractivity contribution in [1.82, 2.24) is 0 Å². The molecule has 0 amide bonds. The van der Waals surface area contributed by atoms with Crippen LogP contribution in [0.25, 0.3) is 0 Å². The van der Waals surface area contributed by atoms with Gasteiger partial charge in [0, 0.05) is 0 Å². The average molecular weight is 318 g/mol. The average Bonchev–Trinajstić information content (AvgIpc) is 2.79. The van der Waals surface area contributed by atoms with E-state index in [1.807, 2.05) is 56.4 Å². The fourth-order valence-corrected chi connectivity index (χ4v) is 2.12. The molecule has 0 atom stereocenters. The Morgan fingerprint density at radius 3 is 2.23 bits per heavy atom.